The van der Waals surface area contributed by atoms with Gasteiger partial charge in [-0.05, 0) is 31.5 Å². The van der Waals surface area contributed by atoms with Crippen molar-refractivity contribution in [2.45, 2.75) is 18.8 Å². The van der Waals surface area contributed by atoms with E-state index < -0.39 is 0 Å². The predicted octanol–water partition coefficient (Wildman–Crippen LogP) is 2.27. The molecule has 1 saturated heterocycles. The summed E-state index contributed by atoms with van der Waals surface area (Å²) in [6.07, 6.45) is 4.10. The Balaban J connectivity index is 1.82. The highest BCUT2D eigenvalue weighted by molar-refractivity contribution is 7.14. The number of aromatic nitrogens is 2. The van der Waals surface area contributed by atoms with Crippen molar-refractivity contribution in [1.82, 2.24) is 15.5 Å². The lowest BCUT2D eigenvalue weighted by Gasteiger charge is -2.19. The Morgan fingerprint density at radius 2 is 2.44 bits per heavy atom. The molecule has 1 aliphatic heterocycles. The van der Waals surface area contributed by atoms with E-state index in [2.05, 4.69) is 15.5 Å². The highest BCUT2D eigenvalue weighted by atomic mass is 32.1. The predicted molar refractivity (Wildman–Crippen MR) is 62.5 cm³/mol. The van der Waals surface area contributed by atoms with Crippen LogP contribution >= 0.6 is 11.3 Å². The molecule has 0 saturated carbocycles. The Kier molecular flexibility index (Phi) is 2.71. The molecular formula is C11H13N3OS. The number of hydrogen-bond donors (Lipinski definition) is 1. The van der Waals surface area contributed by atoms with Gasteiger partial charge in [0.15, 0.2) is 10.8 Å². The van der Waals surface area contributed by atoms with Crippen LogP contribution < -0.4 is 5.32 Å². The lowest BCUT2D eigenvalue weighted by Crippen LogP contribution is -2.28. The minimum atomic E-state index is 0.523. The molecule has 1 atom stereocenters. The number of furan rings is 1. The van der Waals surface area contributed by atoms with Gasteiger partial charge in [-0.3, -0.25) is 0 Å². The monoisotopic (exact) mass is 235 g/mol. The fraction of sp³-hybridized carbons (Fsp3) is 0.455. The molecule has 1 N–H and O–H groups in total. The summed E-state index contributed by atoms with van der Waals surface area (Å²) in [4.78, 5) is 0. The third-order valence-electron chi connectivity index (χ3n) is 2.82. The second-order valence-corrected chi connectivity index (χ2v) is 4.98. The summed E-state index contributed by atoms with van der Waals surface area (Å²) in [5.41, 5.74) is 0. The second kappa shape index (κ2) is 4.35. The van der Waals surface area contributed by atoms with E-state index in [1.165, 1.54) is 12.8 Å². The van der Waals surface area contributed by atoms with Gasteiger partial charge in [-0.15, -0.1) is 10.2 Å². The Morgan fingerprint density at radius 1 is 1.44 bits per heavy atom. The van der Waals surface area contributed by atoms with Crippen LogP contribution in [0, 0.1) is 0 Å². The minimum Gasteiger partial charge on any atom is -0.462 e. The van der Waals surface area contributed by atoms with E-state index in [4.69, 9.17) is 4.42 Å². The molecule has 0 amide bonds. The summed E-state index contributed by atoms with van der Waals surface area (Å²) in [6, 6.07) is 3.79. The molecular weight excluding hydrogens is 222 g/mol. The van der Waals surface area contributed by atoms with E-state index in [-0.39, 0.29) is 0 Å². The minimum absolute atomic E-state index is 0.523. The highest BCUT2D eigenvalue weighted by Crippen LogP contribution is 2.30. The van der Waals surface area contributed by atoms with Crippen molar-refractivity contribution in [1.29, 1.82) is 0 Å². The first-order chi connectivity index (χ1) is 7.93. The standard InChI is InChI=1S/C11H13N3OS/c1-3-8(7-12-5-1)10-13-14-11(16-10)9-4-2-6-15-9/h2,4,6,8,12H,1,3,5,7H2/t8-/m0/s1. The Bertz CT molecular complexity index is 446. The summed E-state index contributed by atoms with van der Waals surface area (Å²) in [5, 5.41) is 13.8. The largest absolute Gasteiger partial charge is 0.462 e. The first kappa shape index (κ1) is 9.99. The van der Waals surface area contributed by atoms with Gasteiger partial charge in [0.25, 0.3) is 0 Å². The molecule has 3 rings (SSSR count). The summed E-state index contributed by atoms with van der Waals surface area (Å²) >= 11 is 1.64. The van der Waals surface area contributed by atoms with E-state index in [0.29, 0.717) is 5.92 Å². The van der Waals surface area contributed by atoms with Crippen LogP contribution in [-0.4, -0.2) is 23.3 Å². The molecule has 0 aromatic carbocycles. The fourth-order valence-electron chi connectivity index (χ4n) is 1.96. The van der Waals surface area contributed by atoms with Crippen LogP contribution in [0.2, 0.25) is 0 Å². The summed E-state index contributed by atoms with van der Waals surface area (Å²) in [6.45, 7) is 2.15. The molecule has 5 heteroatoms. The van der Waals surface area contributed by atoms with E-state index in [9.17, 15) is 0 Å². The van der Waals surface area contributed by atoms with Gasteiger partial charge >= 0.3 is 0 Å². The third-order valence-corrected chi connectivity index (χ3v) is 3.92. The van der Waals surface area contributed by atoms with Gasteiger partial charge in [-0.1, -0.05) is 11.3 Å². The topological polar surface area (TPSA) is 51.0 Å². The molecule has 0 unspecified atom stereocenters. The SMILES string of the molecule is c1coc(-c2nnc([C@H]3CCCNC3)s2)c1. The zero-order valence-corrected chi connectivity index (χ0v) is 9.67. The van der Waals surface area contributed by atoms with Crippen LogP contribution in [0.1, 0.15) is 23.8 Å². The zero-order chi connectivity index (χ0) is 10.8. The molecule has 3 heterocycles. The van der Waals surface area contributed by atoms with Crippen LogP contribution in [0.25, 0.3) is 10.8 Å². The lowest BCUT2D eigenvalue weighted by molar-refractivity contribution is 0.458. The van der Waals surface area contributed by atoms with Crippen LogP contribution in [0.4, 0.5) is 0 Å². The molecule has 1 aliphatic rings. The Morgan fingerprint density at radius 3 is 3.19 bits per heavy atom. The van der Waals surface area contributed by atoms with Crippen molar-refractivity contribution >= 4 is 11.3 Å². The lowest BCUT2D eigenvalue weighted by atomic mass is 10.0. The average molecular weight is 235 g/mol. The van der Waals surface area contributed by atoms with Gasteiger partial charge in [0.2, 0.25) is 0 Å². The van der Waals surface area contributed by atoms with Crippen LogP contribution in [0.15, 0.2) is 22.8 Å². The number of hydrogen-bond acceptors (Lipinski definition) is 5. The van der Waals surface area contributed by atoms with Gasteiger partial charge in [0, 0.05) is 12.5 Å². The maximum Gasteiger partial charge on any atom is 0.183 e. The summed E-state index contributed by atoms with van der Waals surface area (Å²) < 4.78 is 5.31. The maximum atomic E-state index is 5.31. The third kappa shape index (κ3) is 1.88. The zero-order valence-electron chi connectivity index (χ0n) is 8.85. The molecule has 84 valence electrons. The maximum absolute atomic E-state index is 5.31. The number of nitrogens with one attached hydrogen (secondary N) is 1. The van der Waals surface area contributed by atoms with Crippen molar-refractivity contribution in [3.63, 3.8) is 0 Å². The summed E-state index contributed by atoms with van der Waals surface area (Å²) in [5.74, 6) is 1.34. The molecule has 2 aromatic heterocycles. The molecule has 2 aromatic rings. The molecule has 0 spiro atoms. The van der Waals surface area contributed by atoms with Crippen molar-refractivity contribution in [2.75, 3.05) is 13.1 Å². The van der Waals surface area contributed by atoms with Crippen molar-refractivity contribution in [2.24, 2.45) is 0 Å². The van der Waals surface area contributed by atoms with Gasteiger partial charge in [-0.25, -0.2) is 0 Å². The number of nitrogens with zero attached hydrogens (tertiary/aromatic N) is 2. The molecule has 0 aliphatic carbocycles. The van der Waals surface area contributed by atoms with E-state index in [0.717, 1.165) is 28.9 Å². The number of piperidine rings is 1. The van der Waals surface area contributed by atoms with Crippen molar-refractivity contribution in [3.8, 4) is 10.8 Å². The Hall–Kier alpha value is -1.20. The van der Waals surface area contributed by atoms with Crippen LogP contribution in [0.5, 0.6) is 0 Å². The van der Waals surface area contributed by atoms with Gasteiger partial charge in [-0.2, -0.15) is 0 Å². The summed E-state index contributed by atoms with van der Waals surface area (Å²) in [7, 11) is 0. The molecule has 4 nitrogen and oxygen atoms in total. The quantitative estimate of drug-likeness (QED) is 0.867. The number of rotatable bonds is 2. The van der Waals surface area contributed by atoms with Crippen LogP contribution in [0.3, 0.4) is 0 Å². The fourth-order valence-corrected chi connectivity index (χ4v) is 2.91. The van der Waals surface area contributed by atoms with Gasteiger partial charge in [0.05, 0.1) is 6.26 Å². The Labute approximate surface area is 97.7 Å². The van der Waals surface area contributed by atoms with E-state index in [1.54, 1.807) is 17.6 Å². The van der Waals surface area contributed by atoms with E-state index >= 15 is 0 Å². The van der Waals surface area contributed by atoms with Gasteiger partial charge in [0.1, 0.15) is 5.01 Å². The normalized spacial score (nSPS) is 21.1. The second-order valence-electron chi connectivity index (χ2n) is 3.97. The smallest absolute Gasteiger partial charge is 0.183 e. The first-order valence-electron chi connectivity index (χ1n) is 5.51. The highest BCUT2D eigenvalue weighted by Gasteiger charge is 2.20. The molecule has 1 fully saturated rings. The average Bonchev–Trinajstić information content (AvgIpc) is 3.01. The molecule has 0 radical (unpaired) electrons. The van der Waals surface area contributed by atoms with E-state index in [1.807, 2.05) is 12.1 Å². The first-order valence-corrected chi connectivity index (χ1v) is 6.33. The molecule has 0 bridgehead atoms. The van der Waals surface area contributed by atoms with Crippen molar-refractivity contribution in [3.05, 3.63) is 23.4 Å². The van der Waals surface area contributed by atoms with Gasteiger partial charge < -0.3 is 9.73 Å². The van der Waals surface area contributed by atoms with Crippen LogP contribution in [-0.2, 0) is 0 Å². The van der Waals surface area contributed by atoms with Crippen molar-refractivity contribution < 1.29 is 4.42 Å². The molecule has 16 heavy (non-hydrogen) atoms.